The molecule has 5 heteroatoms. The molecule has 1 fully saturated rings. The third-order valence-electron chi connectivity index (χ3n) is 5.48. The van der Waals surface area contributed by atoms with Crippen LogP contribution in [-0.4, -0.2) is 55.3 Å². The fraction of sp³-hybridized carbons (Fsp3) is 0.667. The molecular formula is C21H34N4O. The van der Waals surface area contributed by atoms with Crippen LogP contribution in [0.1, 0.15) is 44.7 Å². The lowest BCUT2D eigenvalue weighted by atomic mass is 9.94. The Morgan fingerprint density at radius 1 is 1.27 bits per heavy atom. The maximum atomic E-state index is 5.70. The predicted octanol–water partition coefficient (Wildman–Crippen LogP) is 2.56. The third kappa shape index (κ3) is 4.98. The summed E-state index contributed by atoms with van der Waals surface area (Å²) in [6.07, 6.45) is 3.76. The number of nitrogens with one attached hydrogen (secondary N) is 2. The third-order valence-corrected chi connectivity index (χ3v) is 5.48. The number of benzene rings is 1. The molecule has 144 valence electrons. The minimum absolute atomic E-state index is 0.0275. The second-order valence-corrected chi connectivity index (χ2v) is 7.96. The average Bonchev–Trinajstić information content (AvgIpc) is 3.17. The van der Waals surface area contributed by atoms with Crippen molar-refractivity contribution in [3.8, 4) is 0 Å². The molecule has 1 saturated heterocycles. The quantitative estimate of drug-likeness (QED) is 0.606. The van der Waals surface area contributed by atoms with Gasteiger partial charge in [0.15, 0.2) is 5.96 Å². The highest BCUT2D eigenvalue weighted by atomic mass is 16.5. The zero-order valence-corrected chi connectivity index (χ0v) is 16.6. The fourth-order valence-electron chi connectivity index (χ4n) is 3.74. The SMILES string of the molecule is CCNC(=NCC(C)(C)N1CCc2ccccc2C1)NCC1CCCO1. The van der Waals surface area contributed by atoms with Crippen molar-refractivity contribution in [3.63, 3.8) is 0 Å². The van der Waals surface area contributed by atoms with Crippen LogP contribution in [0.2, 0.25) is 0 Å². The molecule has 2 aliphatic heterocycles. The summed E-state index contributed by atoms with van der Waals surface area (Å²) in [5.41, 5.74) is 2.98. The lowest BCUT2D eigenvalue weighted by Gasteiger charge is -2.40. The normalized spacial score (nSPS) is 21.5. The van der Waals surface area contributed by atoms with E-state index >= 15 is 0 Å². The topological polar surface area (TPSA) is 48.9 Å². The lowest BCUT2D eigenvalue weighted by Crippen LogP contribution is -2.49. The summed E-state index contributed by atoms with van der Waals surface area (Å²) in [4.78, 5) is 7.43. The lowest BCUT2D eigenvalue weighted by molar-refractivity contribution is 0.110. The van der Waals surface area contributed by atoms with Gasteiger partial charge < -0.3 is 15.4 Å². The number of fused-ring (bicyclic) bond motifs is 1. The number of hydrogen-bond donors (Lipinski definition) is 2. The highest BCUT2D eigenvalue weighted by Gasteiger charge is 2.29. The van der Waals surface area contributed by atoms with Crippen molar-refractivity contribution in [2.24, 2.45) is 4.99 Å². The van der Waals surface area contributed by atoms with Crippen molar-refractivity contribution in [3.05, 3.63) is 35.4 Å². The van der Waals surface area contributed by atoms with E-state index in [-0.39, 0.29) is 5.54 Å². The molecule has 1 atom stereocenters. The molecule has 2 N–H and O–H groups in total. The van der Waals surface area contributed by atoms with E-state index in [4.69, 9.17) is 9.73 Å². The molecule has 26 heavy (non-hydrogen) atoms. The van der Waals surface area contributed by atoms with Gasteiger partial charge in [-0.25, -0.2) is 0 Å². The van der Waals surface area contributed by atoms with Crippen LogP contribution in [0.15, 0.2) is 29.3 Å². The summed E-state index contributed by atoms with van der Waals surface area (Å²) in [6.45, 7) is 12.2. The molecule has 0 spiro atoms. The molecule has 0 aliphatic carbocycles. The fourth-order valence-corrected chi connectivity index (χ4v) is 3.74. The van der Waals surface area contributed by atoms with Crippen molar-refractivity contribution >= 4 is 5.96 Å². The van der Waals surface area contributed by atoms with Gasteiger partial charge in [0.1, 0.15) is 0 Å². The smallest absolute Gasteiger partial charge is 0.191 e. The summed E-state index contributed by atoms with van der Waals surface area (Å²) in [5.74, 6) is 0.897. The number of aliphatic imine (C=N–C) groups is 1. The molecule has 1 aromatic rings. The van der Waals surface area contributed by atoms with Crippen LogP contribution < -0.4 is 10.6 Å². The number of nitrogens with zero attached hydrogens (tertiary/aromatic N) is 2. The van der Waals surface area contributed by atoms with Gasteiger partial charge in [-0.05, 0) is 51.2 Å². The van der Waals surface area contributed by atoms with E-state index in [1.807, 2.05) is 0 Å². The first-order valence-corrected chi connectivity index (χ1v) is 10.0. The molecule has 2 aliphatic rings. The van der Waals surface area contributed by atoms with E-state index in [1.165, 1.54) is 17.5 Å². The molecule has 1 unspecified atom stereocenters. The van der Waals surface area contributed by atoms with Crippen LogP contribution in [0, 0.1) is 0 Å². The molecular weight excluding hydrogens is 324 g/mol. The van der Waals surface area contributed by atoms with E-state index in [0.717, 1.165) is 58.1 Å². The minimum Gasteiger partial charge on any atom is -0.376 e. The number of guanidine groups is 1. The zero-order valence-electron chi connectivity index (χ0n) is 16.6. The van der Waals surface area contributed by atoms with Gasteiger partial charge in [-0.15, -0.1) is 0 Å². The Hall–Kier alpha value is -1.59. The van der Waals surface area contributed by atoms with Crippen LogP contribution >= 0.6 is 0 Å². The van der Waals surface area contributed by atoms with Crippen molar-refractivity contribution in [2.45, 2.75) is 58.2 Å². The molecule has 2 heterocycles. The Labute approximate surface area is 158 Å². The standard InChI is InChI=1S/C21H34N4O/c1-4-22-20(23-14-19-10-7-13-26-19)24-16-21(2,3)25-12-11-17-8-5-6-9-18(17)15-25/h5-6,8-9,19H,4,7,10-16H2,1-3H3,(H2,22,23,24). The molecule has 0 amide bonds. The summed E-state index contributed by atoms with van der Waals surface area (Å²) < 4.78 is 5.70. The van der Waals surface area contributed by atoms with Crippen LogP contribution in [0.4, 0.5) is 0 Å². The van der Waals surface area contributed by atoms with E-state index in [0.29, 0.717) is 6.10 Å². The summed E-state index contributed by atoms with van der Waals surface area (Å²) in [5, 5.41) is 6.81. The Balaban J connectivity index is 1.58. The van der Waals surface area contributed by atoms with Gasteiger partial charge in [-0.3, -0.25) is 9.89 Å². The molecule has 5 nitrogen and oxygen atoms in total. The van der Waals surface area contributed by atoms with Crippen molar-refractivity contribution in [1.82, 2.24) is 15.5 Å². The van der Waals surface area contributed by atoms with Crippen molar-refractivity contribution in [1.29, 1.82) is 0 Å². The Bertz CT molecular complexity index is 608. The van der Waals surface area contributed by atoms with Gasteiger partial charge in [-0.2, -0.15) is 0 Å². The average molecular weight is 359 g/mol. The van der Waals surface area contributed by atoms with Gasteiger partial charge in [0.05, 0.1) is 12.6 Å². The van der Waals surface area contributed by atoms with Gasteiger partial charge in [0.2, 0.25) is 0 Å². The van der Waals surface area contributed by atoms with Crippen LogP contribution in [-0.2, 0) is 17.7 Å². The number of ether oxygens (including phenoxy) is 1. The van der Waals surface area contributed by atoms with Gasteiger partial charge >= 0.3 is 0 Å². The molecule has 0 bridgehead atoms. The van der Waals surface area contributed by atoms with E-state index in [1.54, 1.807) is 0 Å². The number of hydrogen-bond acceptors (Lipinski definition) is 3. The zero-order chi connectivity index (χ0) is 18.4. The predicted molar refractivity (Wildman–Crippen MR) is 108 cm³/mol. The maximum absolute atomic E-state index is 5.70. The van der Waals surface area contributed by atoms with Crippen LogP contribution in [0.5, 0.6) is 0 Å². The van der Waals surface area contributed by atoms with Gasteiger partial charge in [0, 0.05) is 38.3 Å². The second-order valence-electron chi connectivity index (χ2n) is 7.96. The first kappa shape index (κ1) is 19.2. The maximum Gasteiger partial charge on any atom is 0.191 e. The number of rotatable bonds is 6. The molecule has 0 saturated carbocycles. The summed E-state index contributed by atoms with van der Waals surface area (Å²) in [6, 6.07) is 8.81. The Morgan fingerprint density at radius 2 is 2.08 bits per heavy atom. The van der Waals surface area contributed by atoms with Crippen LogP contribution in [0.3, 0.4) is 0 Å². The van der Waals surface area contributed by atoms with Crippen molar-refractivity contribution < 1.29 is 4.74 Å². The minimum atomic E-state index is 0.0275. The van der Waals surface area contributed by atoms with E-state index in [9.17, 15) is 0 Å². The van der Waals surface area contributed by atoms with Gasteiger partial charge in [-0.1, -0.05) is 24.3 Å². The Morgan fingerprint density at radius 3 is 2.81 bits per heavy atom. The summed E-state index contributed by atoms with van der Waals surface area (Å²) in [7, 11) is 0. The second kappa shape index (κ2) is 8.87. The highest BCUT2D eigenvalue weighted by Crippen LogP contribution is 2.25. The molecule has 0 aromatic heterocycles. The first-order valence-electron chi connectivity index (χ1n) is 10.0. The molecule has 0 radical (unpaired) electrons. The highest BCUT2D eigenvalue weighted by molar-refractivity contribution is 5.79. The molecule has 3 rings (SSSR count). The van der Waals surface area contributed by atoms with Crippen molar-refractivity contribution in [2.75, 3.05) is 32.8 Å². The van der Waals surface area contributed by atoms with E-state index < -0.39 is 0 Å². The van der Waals surface area contributed by atoms with E-state index in [2.05, 4.69) is 60.6 Å². The largest absolute Gasteiger partial charge is 0.376 e. The monoisotopic (exact) mass is 358 g/mol. The first-order chi connectivity index (χ1) is 12.6. The molecule has 1 aromatic carbocycles. The summed E-state index contributed by atoms with van der Waals surface area (Å²) >= 11 is 0. The Kier molecular flexibility index (Phi) is 6.54. The van der Waals surface area contributed by atoms with Crippen LogP contribution in [0.25, 0.3) is 0 Å². The van der Waals surface area contributed by atoms with Gasteiger partial charge in [0.25, 0.3) is 0 Å².